The highest BCUT2D eigenvalue weighted by Gasteiger charge is 2.32. The van der Waals surface area contributed by atoms with Crippen molar-refractivity contribution in [3.8, 4) is 0 Å². The van der Waals surface area contributed by atoms with E-state index in [2.05, 4.69) is 4.40 Å². The van der Waals surface area contributed by atoms with E-state index in [0.717, 1.165) is 12.8 Å². The predicted molar refractivity (Wildman–Crippen MR) is 96.6 cm³/mol. The van der Waals surface area contributed by atoms with Crippen molar-refractivity contribution in [3.05, 3.63) is 29.8 Å². The van der Waals surface area contributed by atoms with Crippen LogP contribution in [-0.4, -0.2) is 50.6 Å². The highest BCUT2D eigenvalue weighted by atomic mass is 32.2. The van der Waals surface area contributed by atoms with Gasteiger partial charge in [0.2, 0.25) is 5.90 Å². The van der Waals surface area contributed by atoms with Crippen LogP contribution in [0.2, 0.25) is 0 Å². The quantitative estimate of drug-likeness (QED) is 0.788. The van der Waals surface area contributed by atoms with Gasteiger partial charge in [0.25, 0.3) is 10.0 Å². The summed E-state index contributed by atoms with van der Waals surface area (Å²) < 4.78 is 39.0. The normalized spacial score (nSPS) is 21.7. The van der Waals surface area contributed by atoms with Gasteiger partial charge >= 0.3 is 6.09 Å². The second-order valence-corrected chi connectivity index (χ2v) is 9.19. The van der Waals surface area contributed by atoms with Gasteiger partial charge in [-0.05, 0) is 45.7 Å². The van der Waals surface area contributed by atoms with Crippen molar-refractivity contribution >= 4 is 22.0 Å². The second kappa shape index (κ2) is 6.90. The zero-order valence-electron chi connectivity index (χ0n) is 15.3. The van der Waals surface area contributed by atoms with Crippen LogP contribution in [0.4, 0.5) is 4.79 Å². The summed E-state index contributed by atoms with van der Waals surface area (Å²) in [6.07, 6.45) is 1.43. The van der Waals surface area contributed by atoms with Gasteiger partial charge in [0.1, 0.15) is 10.5 Å². The van der Waals surface area contributed by atoms with Crippen molar-refractivity contribution in [1.29, 1.82) is 0 Å². The van der Waals surface area contributed by atoms with Gasteiger partial charge in [0.15, 0.2) is 0 Å². The fraction of sp³-hybridized carbons (Fsp3) is 0.556. The third-order valence-electron chi connectivity index (χ3n) is 4.22. The largest absolute Gasteiger partial charge is 0.476 e. The average Bonchev–Trinajstić information content (AvgIpc) is 2.83. The molecule has 3 rings (SSSR count). The molecule has 0 saturated carbocycles. The standard InChI is InChI=1S/C18H24N2O5S/c1-18(2,3)25-17(21)20-10-6-7-13(11-20)12-24-16-14-8-4-5-9-15(14)26(22,23)19-16/h4-5,8-9,13H,6-7,10-12H2,1-3H3. The monoisotopic (exact) mass is 380 g/mol. The van der Waals surface area contributed by atoms with Crippen LogP contribution in [0.5, 0.6) is 0 Å². The Morgan fingerprint density at radius 3 is 2.77 bits per heavy atom. The molecule has 1 unspecified atom stereocenters. The molecule has 2 heterocycles. The highest BCUT2D eigenvalue weighted by Crippen LogP contribution is 2.27. The number of nitrogens with zero attached hydrogens (tertiary/aromatic N) is 2. The molecule has 0 aromatic heterocycles. The van der Waals surface area contributed by atoms with Crippen molar-refractivity contribution in [2.24, 2.45) is 10.3 Å². The number of amides is 1. The molecule has 0 spiro atoms. The van der Waals surface area contributed by atoms with Crippen LogP contribution in [0.1, 0.15) is 39.2 Å². The van der Waals surface area contributed by atoms with E-state index in [-0.39, 0.29) is 22.8 Å². The summed E-state index contributed by atoms with van der Waals surface area (Å²) in [4.78, 5) is 14.1. The van der Waals surface area contributed by atoms with E-state index < -0.39 is 15.6 Å². The van der Waals surface area contributed by atoms with Crippen molar-refractivity contribution in [3.63, 3.8) is 0 Å². The molecule has 0 aliphatic carbocycles. The first-order valence-electron chi connectivity index (χ1n) is 8.71. The zero-order chi connectivity index (χ0) is 18.9. The third-order valence-corrected chi connectivity index (χ3v) is 5.54. The Bertz CT molecular complexity index is 826. The Balaban J connectivity index is 1.61. The molecule has 1 aromatic carbocycles. The number of likely N-dealkylation sites (tertiary alicyclic amines) is 1. The molecule has 0 radical (unpaired) electrons. The molecule has 1 fully saturated rings. The van der Waals surface area contributed by atoms with Crippen LogP contribution in [-0.2, 0) is 19.5 Å². The molecule has 1 saturated heterocycles. The number of carbonyl (C=O) groups excluding carboxylic acids is 1. The van der Waals surface area contributed by atoms with Gasteiger partial charge < -0.3 is 14.4 Å². The molecule has 0 N–H and O–H groups in total. The van der Waals surface area contributed by atoms with E-state index in [9.17, 15) is 13.2 Å². The van der Waals surface area contributed by atoms with E-state index in [0.29, 0.717) is 25.3 Å². The first-order chi connectivity index (χ1) is 12.2. The number of rotatable bonds is 2. The van der Waals surface area contributed by atoms with Crippen LogP contribution in [0, 0.1) is 5.92 Å². The lowest BCUT2D eigenvalue weighted by Gasteiger charge is -2.34. The van der Waals surface area contributed by atoms with Gasteiger partial charge in [-0.3, -0.25) is 0 Å². The van der Waals surface area contributed by atoms with Crippen LogP contribution in [0.25, 0.3) is 0 Å². The van der Waals surface area contributed by atoms with E-state index in [1.54, 1.807) is 23.1 Å². The number of ether oxygens (including phenoxy) is 2. The van der Waals surface area contributed by atoms with Gasteiger partial charge in [-0.1, -0.05) is 12.1 Å². The second-order valence-electron chi connectivity index (χ2n) is 7.61. The molecular formula is C18H24N2O5S. The van der Waals surface area contributed by atoms with E-state index in [4.69, 9.17) is 9.47 Å². The van der Waals surface area contributed by atoms with E-state index in [1.165, 1.54) is 6.07 Å². The van der Waals surface area contributed by atoms with Gasteiger partial charge in [-0.2, -0.15) is 8.42 Å². The molecule has 8 heteroatoms. The molecule has 2 aliphatic rings. The topological polar surface area (TPSA) is 85.3 Å². The lowest BCUT2D eigenvalue weighted by molar-refractivity contribution is 0.0136. The number of benzene rings is 1. The van der Waals surface area contributed by atoms with E-state index >= 15 is 0 Å². The van der Waals surface area contributed by atoms with Gasteiger partial charge in [-0.25, -0.2) is 4.79 Å². The van der Waals surface area contributed by atoms with Gasteiger partial charge in [0, 0.05) is 19.0 Å². The van der Waals surface area contributed by atoms with Crippen LogP contribution in [0.3, 0.4) is 0 Å². The number of hydrogen-bond donors (Lipinski definition) is 0. The van der Waals surface area contributed by atoms with Crippen molar-refractivity contribution in [1.82, 2.24) is 4.90 Å². The molecule has 1 amide bonds. The predicted octanol–water partition coefficient (Wildman–Crippen LogP) is 2.80. The Morgan fingerprint density at radius 2 is 2.04 bits per heavy atom. The summed E-state index contributed by atoms with van der Waals surface area (Å²) >= 11 is 0. The molecule has 26 heavy (non-hydrogen) atoms. The number of sulfonamides is 1. The molecular weight excluding hydrogens is 356 g/mol. The van der Waals surface area contributed by atoms with Gasteiger partial charge in [-0.15, -0.1) is 4.40 Å². The molecule has 1 atom stereocenters. The van der Waals surface area contributed by atoms with Crippen LogP contribution >= 0.6 is 0 Å². The van der Waals surface area contributed by atoms with Gasteiger partial charge in [0.05, 0.1) is 12.2 Å². The van der Waals surface area contributed by atoms with Crippen LogP contribution < -0.4 is 0 Å². The summed E-state index contributed by atoms with van der Waals surface area (Å²) in [7, 11) is -3.67. The maximum absolute atomic E-state index is 12.2. The summed E-state index contributed by atoms with van der Waals surface area (Å²) in [6, 6.07) is 6.63. The van der Waals surface area contributed by atoms with Crippen molar-refractivity contribution in [2.45, 2.75) is 44.1 Å². The number of carbonyl (C=O) groups is 1. The average molecular weight is 380 g/mol. The number of fused-ring (bicyclic) bond motifs is 1. The zero-order valence-corrected chi connectivity index (χ0v) is 16.1. The minimum Gasteiger partial charge on any atom is -0.476 e. The fourth-order valence-corrected chi connectivity index (χ4v) is 4.22. The lowest BCUT2D eigenvalue weighted by atomic mass is 9.99. The molecule has 2 aliphatic heterocycles. The Hall–Kier alpha value is -2.09. The molecule has 7 nitrogen and oxygen atoms in total. The third kappa shape index (κ3) is 4.17. The Labute approximate surface area is 154 Å². The first-order valence-corrected chi connectivity index (χ1v) is 10.1. The summed E-state index contributed by atoms with van der Waals surface area (Å²) in [5.41, 5.74) is -0.0377. The maximum Gasteiger partial charge on any atom is 0.410 e. The highest BCUT2D eigenvalue weighted by molar-refractivity contribution is 7.90. The number of hydrogen-bond acceptors (Lipinski definition) is 5. The van der Waals surface area contributed by atoms with Crippen LogP contribution in [0.15, 0.2) is 33.6 Å². The minimum atomic E-state index is -3.67. The minimum absolute atomic E-state index is 0.106. The lowest BCUT2D eigenvalue weighted by Crippen LogP contribution is -2.44. The number of piperidine rings is 1. The molecule has 1 aromatic rings. The summed E-state index contributed by atoms with van der Waals surface area (Å²) in [6.45, 7) is 7.00. The smallest absolute Gasteiger partial charge is 0.410 e. The Morgan fingerprint density at radius 1 is 1.31 bits per heavy atom. The van der Waals surface area contributed by atoms with Crippen molar-refractivity contribution < 1.29 is 22.7 Å². The summed E-state index contributed by atoms with van der Waals surface area (Å²) in [5, 5.41) is 0. The molecule has 0 bridgehead atoms. The SMILES string of the molecule is CC(C)(C)OC(=O)N1CCCC(COC2=NS(=O)(=O)c3ccccc32)C1. The van der Waals surface area contributed by atoms with E-state index in [1.807, 2.05) is 20.8 Å². The van der Waals surface area contributed by atoms with Crippen molar-refractivity contribution in [2.75, 3.05) is 19.7 Å². The maximum atomic E-state index is 12.2. The Kier molecular flexibility index (Phi) is 4.96. The first kappa shape index (κ1) is 18.7. The summed E-state index contributed by atoms with van der Waals surface area (Å²) in [5.74, 6) is 0.240. The molecule has 142 valence electrons. The fourth-order valence-electron chi connectivity index (χ4n) is 3.07.